The molecule has 3 rings (SSSR count). The topological polar surface area (TPSA) is 64.1 Å². The van der Waals surface area contributed by atoms with Crippen LogP contribution in [0.4, 0.5) is 8.78 Å². The van der Waals surface area contributed by atoms with E-state index in [1.165, 1.54) is 6.92 Å². The van der Waals surface area contributed by atoms with Crippen molar-refractivity contribution in [2.24, 2.45) is 0 Å². The van der Waals surface area contributed by atoms with Gasteiger partial charge in [-0.15, -0.1) is 0 Å². The highest BCUT2D eigenvalue weighted by Crippen LogP contribution is 2.31. The van der Waals surface area contributed by atoms with Crippen molar-refractivity contribution in [1.82, 2.24) is 14.7 Å². The first kappa shape index (κ1) is 18.5. The fraction of sp³-hybridized carbons (Fsp3) is 0.882. The average molecular weight is 359 g/mol. The first-order chi connectivity index (χ1) is 11.7. The molecule has 1 N–H and O–H groups in total. The van der Waals surface area contributed by atoms with Crippen LogP contribution in [0.5, 0.6) is 0 Å². The van der Waals surface area contributed by atoms with Crippen molar-refractivity contribution >= 4 is 11.8 Å². The number of likely N-dealkylation sites (tertiary alicyclic amines) is 3. The molecule has 0 aromatic heterocycles. The fourth-order valence-corrected chi connectivity index (χ4v) is 4.24. The summed E-state index contributed by atoms with van der Waals surface area (Å²) in [7, 11) is 0. The molecule has 3 saturated heterocycles. The van der Waals surface area contributed by atoms with Gasteiger partial charge in [-0.2, -0.15) is 0 Å². The van der Waals surface area contributed by atoms with Gasteiger partial charge >= 0.3 is 0 Å². The number of aliphatic hydroxyl groups is 1. The number of hydrogen-bond donors (Lipinski definition) is 1. The lowest BCUT2D eigenvalue weighted by Gasteiger charge is -2.36. The average Bonchev–Trinajstić information content (AvgIpc) is 3.16. The first-order valence-electron chi connectivity index (χ1n) is 9.08. The molecule has 0 unspecified atom stereocenters. The van der Waals surface area contributed by atoms with Gasteiger partial charge in [0.15, 0.2) is 0 Å². The van der Waals surface area contributed by atoms with E-state index in [4.69, 9.17) is 0 Å². The van der Waals surface area contributed by atoms with Gasteiger partial charge in [-0.25, -0.2) is 8.78 Å². The van der Waals surface area contributed by atoms with Crippen LogP contribution >= 0.6 is 0 Å². The van der Waals surface area contributed by atoms with E-state index in [0.717, 1.165) is 6.42 Å². The van der Waals surface area contributed by atoms with Crippen molar-refractivity contribution < 1.29 is 23.5 Å². The maximum absolute atomic E-state index is 13.3. The summed E-state index contributed by atoms with van der Waals surface area (Å²) in [6, 6.07) is -0.423. The van der Waals surface area contributed by atoms with Crippen molar-refractivity contribution in [3.05, 3.63) is 0 Å². The predicted octanol–water partition coefficient (Wildman–Crippen LogP) is 0.692. The lowest BCUT2D eigenvalue weighted by atomic mass is 10.00. The van der Waals surface area contributed by atoms with E-state index < -0.39 is 17.6 Å². The zero-order valence-corrected chi connectivity index (χ0v) is 14.7. The fourth-order valence-electron chi connectivity index (χ4n) is 4.24. The number of carbonyl (C=O) groups is 2. The number of amides is 2. The molecule has 2 atom stereocenters. The van der Waals surface area contributed by atoms with Gasteiger partial charge in [-0.05, 0) is 19.3 Å². The summed E-state index contributed by atoms with van der Waals surface area (Å²) in [5.74, 6) is -2.80. The van der Waals surface area contributed by atoms with Gasteiger partial charge in [0, 0.05) is 52.5 Å². The largest absolute Gasteiger partial charge is 0.387 e. The second-order valence-electron chi connectivity index (χ2n) is 7.74. The number of piperidine rings is 1. The van der Waals surface area contributed by atoms with Gasteiger partial charge < -0.3 is 14.9 Å². The summed E-state index contributed by atoms with van der Waals surface area (Å²) in [4.78, 5) is 29.5. The minimum atomic E-state index is -2.60. The third-order valence-electron chi connectivity index (χ3n) is 5.69. The Morgan fingerprint density at radius 2 is 1.80 bits per heavy atom. The number of halogens is 2. The molecule has 6 nitrogen and oxygen atoms in total. The summed E-state index contributed by atoms with van der Waals surface area (Å²) in [5, 5.41) is 10.8. The van der Waals surface area contributed by atoms with Gasteiger partial charge in [-0.1, -0.05) is 0 Å². The Kier molecular flexibility index (Phi) is 5.03. The molecule has 0 aromatic rings. The van der Waals surface area contributed by atoms with Crippen LogP contribution in [0.15, 0.2) is 0 Å². The summed E-state index contributed by atoms with van der Waals surface area (Å²) < 4.78 is 26.5. The molecule has 142 valence electrons. The summed E-state index contributed by atoms with van der Waals surface area (Å²) >= 11 is 0. The number of nitrogens with zero attached hydrogens (tertiary/aromatic N) is 3. The quantitative estimate of drug-likeness (QED) is 0.805. The SMILES string of the molecule is CC(=O)N1CCC[C@@H]1C(=O)N1CC[C@](O)(CN2CCC(F)(F)CC2)C1. The second-order valence-corrected chi connectivity index (χ2v) is 7.74. The van der Waals surface area contributed by atoms with E-state index in [2.05, 4.69) is 0 Å². The second kappa shape index (κ2) is 6.79. The highest BCUT2D eigenvalue weighted by Gasteiger charge is 2.44. The molecule has 25 heavy (non-hydrogen) atoms. The molecule has 8 heteroatoms. The standard InChI is InChI=1S/C17H27F2N3O3/c1-13(23)22-7-2-3-14(22)15(24)21-10-4-16(25,12-21)11-20-8-5-17(18,19)6-9-20/h14,25H,2-12H2,1H3/t14-,16+/m1/s1. The molecular weight excluding hydrogens is 332 g/mol. The Morgan fingerprint density at radius 1 is 1.12 bits per heavy atom. The lowest BCUT2D eigenvalue weighted by Crippen LogP contribution is -2.51. The molecule has 0 bridgehead atoms. The van der Waals surface area contributed by atoms with E-state index in [0.29, 0.717) is 32.5 Å². The zero-order chi connectivity index (χ0) is 18.2. The Bertz CT molecular complexity index is 535. The summed E-state index contributed by atoms with van der Waals surface area (Å²) in [6.45, 7) is 3.58. The Balaban J connectivity index is 1.55. The number of hydrogen-bond acceptors (Lipinski definition) is 4. The summed E-state index contributed by atoms with van der Waals surface area (Å²) in [5.41, 5.74) is -1.05. The van der Waals surface area contributed by atoms with Crippen molar-refractivity contribution in [2.45, 2.75) is 56.6 Å². The molecule has 3 aliphatic rings. The Hall–Kier alpha value is -1.28. The van der Waals surface area contributed by atoms with E-state index in [-0.39, 0.29) is 44.3 Å². The van der Waals surface area contributed by atoms with Crippen molar-refractivity contribution in [2.75, 3.05) is 39.3 Å². The highest BCUT2D eigenvalue weighted by atomic mass is 19.3. The minimum absolute atomic E-state index is 0.0976. The van der Waals surface area contributed by atoms with Crippen molar-refractivity contribution in [3.63, 3.8) is 0 Å². The van der Waals surface area contributed by atoms with Crippen molar-refractivity contribution in [1.29, 1.82) is 0 Å². The van der Waals surface area contributed by atoms with Crippen LogP contribution in [0.1, 0.15) is 39.0 Å². The van der Waals surface area contributed by atoms with E-state index in [9.17, 15) is 23.5 Å². The highest BCUT2D eigenvalue weighted by molar-refractivity contribution is 5.87. The minimum Gasteiger partial charge on any atom is -0.387 e. The zero-order valence-electron chi connectivity index (χ0n) is 14.7. The Morgan fingerprint density at radius 3 is 2.44 bits per heavy atom. The summed E-state index contributed by atoms with van der Waals surface area (Å²) in [6.07, 6.45) is 1.56. The van der Waals surface area contributed by atoms with Crippen LogP contribution in [-0.2, 0) is 9.59 Å². The number of rotatable bonds is 3. The number of alkyl halides is 2. The monoisotopic (exact) mass is 359 g/mol. The van der Waals surface area contributed by atoms with Gasteiger partial charge in [0.1, 0.15) is 6.04 Å². The van der Waals surface area contributed by atoms with E-state index >= 15 is 0 Å². The van der Waals surface area contributed by atoms with Gasteiger partial charge in [-0.3, -0.25) is 14.5 Å². The van der Waals surface area contributed by atoms with Crippen LogP contribution in [0.25, 0.3) is 0 Å². The molecule has 3 fully saturated rings. The molecule has 0 aromatic carbocycles. The smallest absolute Gasteiger partial charge is 0.250 e. The van der Waals surface area contributed by atoms with E-state index in [1.54, 1.807) is 9.80 Å². The molecule has 2 amide bonds. The predicted molar refractivity (Wildman–Crippen MR) is 87.2 cm³/mol. The third-order valence-corrected chi connectivity index (χ3v) is 5.69. The lowest BCUT2D eigenvalue weighted by molar-refractivity contribution is -0.142. The van der Waals surface area contributed by atoms with Crippen LogP contribution in [0, 0.1) is 0 Å². The molecule has 0 aliphatic carbocycles. The van der Waals surface area contributed by atoms with Crippen LogP contribution in [0.3, 0.4) is 0 Å². The van der Waals surface area contributed by atoms with Gasteiger partial charge in [0.25, 0.3) is 5.92 Å². The van der Waals surface area contributed by atoms with E-state index in [1.807, 2.05) is 4.90 Å². The van der Waals surface area contributed by atoms with Crippen LogP contribution < -0.4 is 0 Å². The van der Waals surface area contributed by atoms with Gasteiger partial charge in [0.2, 0.25) is 11.8 Å². The molecule has 0 radical (unpaired) electrons. The number of β-amino-alcohol motifs (C(OH)–C–C–N with tert-alkyl or cyclic N) is 1. The van der Waals surface area contributed by atoms with Crippen LogP contribution in [0.2, 0.25) is 0 Å². The Labute approximate surface area is 146 Å². The third kappa shape index (κ3) is 4.11. The molecule has 0 saturated carbocycles. The maximum Gasteiger partial charge on any atom is 0.250 e. The van der Waals surface area contributed by atoms with Gasteiger partial charge in [0.05, 0.1) is 12.1 Å². The van der Waals surface area contributed by atoms with Crippen LogP contribution in [-0.4, -0.2) is 88.5 Å². The normalized spacial score (nSPS) is 33.0. The maximum atomic E-state index is 13.3. The number of carbonyl (C=O) groups excluding carboxylic acids is 2. The molecular formula is C17H27F2N3O3. The molecule has 0 spiro atoms. The molecule has 3 heterocycles. The first-order valence-corrected chi connectivity index (χ1v) is 9.08. The van der Waals surface area contributed by atoms with Crippen molar-refractivity contribution in [3.8, 4) is 0 Å². The molecule has 3 aliphatic heterocycles.